The van der Waals surface area contributed by atoms with Gasteiger partial charge in [-0.1, -0.05) is 32.9 Å². The molecule has 0 aliphatic rings. The molecule has 0 aromatic heterocycles. The minimum absolute atomic E-state index is 0.0218. The Hall–Kier alpha value is -0.900. The van der Waals surface area contributed by atoms with Crippen molar-refractivity contribution in [2.24, 2.45) is 5.73 Å². The van der Waals surface area contributed by atoms with Gasteiger partial charge >= 0.3 is 0 Å². The summed E-state index contributed by atoms with van der Waals surface area (Å²) in [6.45, 7) is 12.5. The molecule has 0 radical (unpaired) electrons. The minimum atomic E-state index is -0.186. The van der Waals surface area contributed by atoms with Crippen molar-refractivity contribution < 1.29 is 5.11 Å². The monoisotopic (exact) mass is 264 g/mol. The molecule has 0 fully saturated rings. The van der Waals surface area contributed by atoms with Gasteiger partial charge in [-0.3, -0.25) is 0 Å². The van der Waals surface area contributed by atoms with Gasteiger partial charge in [-0.2, -0.15) is 0 Å². The van der Waals surface area contributed by atoms with Crippen LogP contribution in [0.4, 0.5) is 0 Å². The van der Waals surface area contributed by atoms with Crippen LogP contribution in [0.5, 0.6) is 0 Å². The maximum Gasteiger partial charge on any atom is 0.0594 e. The first-order chi connectivity index (χ1) is 8.75. The summed E-state index contributed by atoms with van der Waals surface area (Å²) in [6.07, 6.45) is 0. The molecule has 0 saturated carbocycles. The van der Waals surface area contributed by atoms with E-state index in [9.17, 15) is 0 Å². The lowest BCUT2D eigenvalue weighted by Gasteiger charge is -2.22. The van der Waals surface area contributed by atoms with E-state index in [0.717, 1.165) is 6.54 Å². The van der Waals surface area contributed by atoms with Crippen LogP contribution < -0.4 is 11.1 Å². The first-order valence-electron chi connectivity index (χ1n) is 6.93. The largest absolute Gasteiger partial charge is 0.395 e. The van der Waals surface area contributed by atoms with E-state index in [-0.39, 0.29) is 18.1 Å². The summed E-state index contributed by atoms with van der Waals surface area (Å²) in [5.41, 5.74) is 11.2. The summed E-state index contributed by atoms with van der Waals surface area (Å²) in [5.74, 6) is 0. The highest BCUT2D eigenvalue weighted by Gasteiger charge is 2.16. The number of hydrogen-bond acceptors (Lipinski definition) is 3. The normalized spacial score (nSPS) is 13.6. The maximum absolute atomic E-state index is 8.90. The highest BCUT2D eigenvalue weighted by molar-refractivity contribution is 5.40. The molecule has 0 amide bonds. The number of aryl methyl sites for hydroxylation is 2. The van der Waals surface area contributed by atoms with Gasteiger partial charge in [0.15, 0.2) is 0 Å². The fourth-order valence-corrected chi connectivity index (χ4v) is 2.15. The van der Waals surface area contributed by atoms with Gasteiger partial charge in [0.2, 0.25) is 0 Å². The number of rotatable bonds is 5. The van der Waals surface area contributed by atoms with E-state index in [4.69, 9.17) is 10.8 Å². The molecule has 0 aliphatic carbocycles. The molecule has 0 bridgehead atoms. The zero-order valence-corrected chi connectivity index (χ0v) is 12.9. The number of aliphatic hydroxyl groups excluding tert-OH is 1. The van der Waals surface area contributed by atoms with E-state index in [1.807, 2.05) is 0 Å². The lowest BCUT2D eigenvalue weighted by molar-refractivity contribution is 0.262. The highest BCUT2D eigenvalue weighted by atomic mass is 16.3. The molecule has 1 atom stereocenters. The maximum atomic E-state index is 8.90. The van der Waals surface area contributed by atoms with Gasteiger partial charge in [0.1, 0.15) is 0 Å². The molecular formula is C16H28N2O. The van der Waals surface area contributed by atoms with Crippen LogP contribution in [0, 0.1) is 13.8 Å². The Kier molecular flexibility index (Phi) is 5.53. The van der Waals surface area contributed by atoms with Gasteiger partial charge in [0, 0.05) is 19.1 Å². The molecule has 3 nitrogen and oxygen atoms in total. The molecule has 0 saturated heterocycles. The van der Waals surface area contributed by atoms with E-state index >= 15 is 0 Å². The standard InChI is InChI=1S/C16H28N2O/c1-11-6-13(16(3,4)5)7-12(2)15(11)9-18-8-14(17)10-19/h6-7,14,18-19H,8-10,17H2,1-5H3. The van der Waals surface area contributed by atoms with Crippen LogP contribution in [-0.4, -0.2) is 24.3 Å². The van der Waals surface area contributed by atoms with Crippen LogP contribution in [0.2, 0.25) is 0 Å². The van der Waals surface area contributed by atoms with E-state index < -0.39 is 0 Å². The fraction of sp³-hybridized carbons (Fsp3) is 0.625. The second kappa shape index (κ2) is 6.51. The second-order valence-corrected chi connectivity index (χ2v) is 6.41. The molecule has 4 N–H and O–H groups in total. The topological polar surface area (TPSA) is 58.3 Å². The highest BCUT2D eigenvalue weighted by Crippen LogP contribution is 2.26. The van der Waals surface area contributed by atoms with Gasteiger partial charge in [-0.05, 0) is 41.5 Å². The van der Waals surface area contributed by atoms with Gasteiger partial charge in [0.25, 0.3) is 0 Å². The van der Waals surface area contributed by atoms with Crippen LogP contribution >= 0.6 is 0 Å². The molecule has 1 unspecified atom stereocenters. The number of nitrogens with one attached hydrogen (secondary N) is 1. The number of hydrogen-bond donors (Lipinski definition) is 3. The molecular weight excluding hydrogens is 236 g/mol. The lowest BCUT2D eigenvalue weighted by Crippen LogP contribution is -2.36. The SMILES string of the molecule is Cc1cc(C(C)(C)C)cc(C)c1CNCC(N)CO. The number of nitrogens with two attached hydrogens (primary N) is 1. The molecule has 19 heavy (non-hydrogen) atoms. The number of aliphatic hydroxyl groups is 1. The van der Waals surface area contributed by atoms with Crippen molar-refractivity contribution in [3.8, 4) is 0 Å². The van der Waals surface area contributed by atoms with Crippen molar-refractivity contribution >= 4 is 0 Å². The first-order valence-corrected chi connectivity index (χ1v) is 6.93. The van der Waals surface area contributed by atoms with E-state index in [1.165, 1.54) is 22.3 Å². The Morgan fingerprint density at radius 2 is 1.74 bits per heavy atom. The molecule has 0 aliphatic heterocycles. The Bertz CT molecular complexity index is 398. The summed E-state index contributed by atoms with van der Waals surface area (Å²) in [7, 11) is 0. The van der Waals surface area contributed by atoms with Crippen LogP contribution in [0.25, 0.3) is 0 Å². The molecule has 0 spiro atoms. The molecule has 108 valence electrons. The Balaban J connectivity index is 2.80. The van der Waals surface area contributed by atoms with Crippen molar-refractivity contribution in [3.05, 3.63) is 34.4 Å². The third-order valence-corrected chi connectivity index (χ3v) is 3.50. The average molecular weight is 264 g/mol. The third kappa shape index (κ3) is 4.60. The Morgan fingerprint density at radius 1 is 1.21 bits per heavy atom. The molecule has 0 heterocycles. The lowest BCUT2D eigenvalue weighted by atomic mass is 9.84. The zero-order chi connectivity index (χ0) is 14.6. The quantitative estimate of drug-likeness (QED) is 0.762. The third-order valence-electron chi connectivity index (χ3n) is 3.50. The summed E-state index contributed by atoms with van der Waals surface area (Å²) >= 11 is 0. The molecule has 1 aromatic carbocycles. The van der Waals surface area contributed by atoms with Gasteiger partial charge in [-0.15, -0.1) is 0 Å². The van der Waals surface area contributed by atoms with E-state index in [2.05, 4.69) is 52.1 Å². The minimum Gasteiger partial charge on any atom is -0.395 e. The van der Waals surface area contributed by atoms with Crippen LogP contribution in [-0.2, 0) is 12.0 Å². The van der Waals surface area contributed by atoms with E-state index in [1.54, 1.807) is 0 Å². The number of benzene rings is 1. The van der Waals surface area contributed by atoms with Crippen LogP contribution in [0.15, 0.2) is 12.1 Å². The van der Waals surface area contributed by atoms with Gasteiger partial charge in [0.05, 0.1) is 6.61 Å². The van der Waals surface area contributed by atoms with Crippen molar-refractivity contribution in [1.29, 1.82) is 0 Å². The Labute approximate surface area is 117 Å². The van der Waals surface area contributed by atoms with Gasteiger partial charge in [-0.25, -0.2) is 0 Å². The molecule has 3 heteroatoms. The van der Waals surface area contributed by atoms with Crippen LogP contribution in [0.3, 0.4) is 0 Å². The van der Waals surface area contributed by atoms with Crippen LogP contribution in [0.1, 0.15) is 43.0 Å². The van der Waals surface area contributed by atoms with Crippen molar-refractivity contribution in [3.63, 3.8) is 0 Å². The fourth-order valence-electron chi connectivity index (χ4n) is 2.15. The van der Waals surface area contributed by atoms with Gasteiger partial charge < -0.3 is 16.2 Å². The second-order valence-electron chi connectivity index (χ2n) is 6.41. The van der Waals surface area contributed by atoms with Crippen molar-refractivity contribution in [1.82, 2.24) is 5.32 Å². The molecule has 1 rings (SSSR count). The van der Waals surface area contributed by atoms with Crippen molar-refractivity contribution in [2.75, 3.05) is 13.2 Å². The predicted octanol–water partition coefficient (Wildman–Crippen LogP) is 2.01. The molecule has 1 aromatic rings. The predicted molar refractivity (Wildman–Crippen MR) is 81.4 cm³/mol. The van der Waals surface area contributed by atoms with E-state index in [0.29, 0.717) is 6.54 Å². The first kappa shape index (κ1) is 16.2. The Morgan fingerprint density at radius 3 is 2.16 bits per heavy atom. The summed E-state index contributed by atoms with van der Waals surface area (Å²) in [4.78, 5) is 0. The smallest absolute Gasteiger partial charge is 0.0594 e. The zero-order valence-electron chi connectivity index (χ0n) is 12.9. The summed E-state index contributed by atoms with van der Waals surface area (Å²) < 4.78 is 0. The summed E-state index contributed by atoms with van der Waals surface area (Å²) in [6, 6.07) is 4.36. The summed E-state index contributed by atoms with van der Waals surface area (Å²) in [5, 5.41) is 12.2. The van der Waals surface area contributed by atoms with Crippen molar-refractivity contribution in [2.45, 2.75) is 52.6 Å². The average Bonchev–Trinajstić information content (AvgIpc) is 2.30.